The van der Waals surface area contributed by atoms with Crippen LogP contribution in [0.4, 0.5) is 10.1 Å². The fourth-order valence-corrected chi connectivity index (χ4v) is 3.73. The Balaban J connectivity index is 0.00000218. The third-order valence-electron chi connectivity index (χ3n) is 3.84. The maximum absolute atomic E-state index is 13.3. The van der Waals surface area contributed by atoms with Crippen molar-refractivity contribution in [3.05, 3.63) is 76.3 Å². The number of anilines is 1. The molecule has 1 heterocycles. The average Bonchev–Trinajstić information content (AvgIpc) is 3.21. The molecule has 2 N–H and O–H groups in total. The SMILES string of the molecule is C=C/C(SONc1cc(-c2ccccc2)sc1C(=O)O)=C(/C)C/C=C(/F)CC.CC. The normalized spacial score (nSPS) is 11.8. The van der Waals surface area contributed by atoms with Crippen molar-refractivity contribution < 1.29 is 18.6 Å². The molecule has 0 aliphatic heterocycles. The van der Waals surface area contributed by atoms with Crippen LogP contribution in [0, 0.1) is 0 Å². The van der Waals surface area contributed by atoms with Crippen LogP contribution in [0.1, 0.15) is 50.2 Å². The van der Waals surface area contributed by atoms with Crippen molar-refractivity contribution >= 4 is 35.0 Å². The Bertz CT molecular complexity index is 889. The molecule has 0 atom stereocenters. The summed E-state index contributed by atoms with van der Waals surface area (Å²) in [5.41, 5.74) is 4.91. The Morgan fingerprint density at radius 1 is 1.33 bits per heavy atom. The molecule has 0 aliphatic carbocycles. The van der Waals surface area contributed by atoms with E-state index in [2.05, 4.69) is 12.1 Å². The topological polar surface area (TPSA) is 58.6 Å². The zero-order valence-corrected chi connectivity index (χ0v) is 19.3. The lowest BCUT2D eigenvalue weighted by atomic mass is 10.2. The van der Waals surface area contributed by atoms with Crippen LogP contribution in [0.15, 0.2) is 71.4 Å². The highest BCUT2D eigenvalue weighted by Gasteiger charge is 2.17. The third-order valence-corrected chi connectivity index (χ3v) is 5.87. The van der Waals surface area contributed by atoms with Gasteiger partial charge in [0, 0.05) is 9.78 Å². The molecule has 0 saturated heterocycles. The molecule has 0 saturated carbocycles. The quantitative estimate of drug-likeness (QED) is 0.217. The van der Waals surface area contributed by atoms with E-state index in [1.807, 2.05) is 51.1 Å². The first kappa shape index (κ1) is 25.7. The van der Waals surface area contributed by atoms with Gasteiger partial charge in [-0.3, -0.25) is 5.48 Å². The molecule has 30 heavy (non-hydrogen) atoms. The minimum absolute atomic E-state index is 0.160. The molecule has 7 heteroatoms. The number of carboxylic acids is 1. The highest BCUT2D eigenvalue weighted by atomic mass is 32.2. The Hall–Kier alpha value is -2.35. The summed E-state index contributed by atoms with van der Waals surface area (Å²) in [6, 6.07) is 11.3. The summed E-state index contributed by atoms with van der Waals surface area (Å²) < 4.78 is 18.7. The number of nitrogens with one attached hydrogen (secondary N) is 1. The Kier molecular flexibility index (Phi) is 11.8. The lowest BCUT2D eigenvalue weighted by molar-refractivity contribution is 0.0702. The van der Waals surface area contributed by atoms with E-state index in [0.29, 0.717) is 18.5 Å². The molecule has 4 nitrogen and oxygen atoms in total. The lowest BCUT2D eigenvalue weighted by Crippen LogP contribution is -2.00. The van der Waals surface area contributed by atoms with Gasteiger partial charge in [0.05, 0.1) is 23.6 Å². The van der Waals surface area contributed by atoms with Crippen LogP contribution in [0.25, 0.3) is 10.4 Å². The molecule has 0 aliphatic rings. The summed E-state index contributed by atoms with van der Waals surface area (Å²) in [5.74, 6) is -1.19. The molecule has 1 aromatic carbocycles. The van der Waals surface area contributed by atoms with Crippen LogP contribution < -0.4 is 5.48 Å². The van der Waals surface area contributed by atoms with Gasteiger partial charge in [0.15, 0.2) is 0 Å². The first-order valence-electron chi connectivity index (χ1n) is 9.65. The molecule has 0 spiro atoms. The maximum Gasteiger partial charge on any atom is 0.348 e. The number of thiophene rings is 1. The predicted molar refractivity (Wildman–Crippen MR) is 127 cm³/mol. The van der Waals surface area contributed by atoms with Gasteiger partial charge in [-0.1, -0.05) is 69.3 Å². The van der Waals surface area contributed by atoms with Crippen LogP contribution in [0.5, 0.6) is 0 Å². The minimum atomic E-state index is -1.03. The van der Waals surface area contributed by atoms with Crippen molar-refractivity contribution in [2.75, 3.05) is 5.48 Å². The first-order valence-corrected chi connectivity index (χ1v) is 11.2. The van der Waals surface area contributed by atoms with Crippen LogP contribution in [0.2, 0.25) is 0 Å². The van der Waals surface area contributed by atoms with E-state index in [1.54, 1.807) is 19.1 Å². The number of aromatic carboxylic acids is 1. The molecule has 162 valence electrons. The van der Waals surface area contributed by atoms with Gasteiger partial charge in [-0.15, -0.1) is 11.3 Å². The molecule has 1 aromatic heterocycles. The molecule has 2 aromatic rings. The summed E-state index contributed by atoms with van der Waals surface area (Å²) in [6.45, 7) is 11.4. The standard InChI is InChI=1S/C21H22FNO3S2.C2H6/c1-4-16(22)12-11-14(3)18(5-2)28-26-23-17-13-19(27-20(17)21(24)25)15-9-7-6-8-10-15;1-2/h5-10,12-13,23H,2,4,11H2,1,3H3,(H,24,25);1-2H3/b16-12+,18-14+;. The second kappa shape index (κ2) is 13.8. The monoisotopic (exact) mass is 449 g/mol. The summed E-state index contributed by atoms with van der Waals surface area (Å²) >= 11 is 2.19. The number of halogens is 1. The average molecular weight is 450 g/mol. The van der Waals surface area contributed by atoms with Crippen molar-refractivity contribution in [2.45, 2.75) is 40.5 Å². The van der Waals surface area contributed by atoms with Gasteiger partial charge in [-0.05, 0) is 37.5 Å². The number of hydrogen-bond acceptors (Lipinski definition) is 5. The van der Waals surface area contributed by atoms with Crippen molar-refractivity contribution in [1.29, 1.82) is 0 Å². The molecule has 2 rings (SSSR count). The maximum atomic E-state index is 13.3. The second-order valence-corrected chi connectivity index (χ2v) is 7.68. The molecule has 0 amide bonds. The fourth-order valence-electron chi connectivity index (χ4n) is 2.27. The van der Waals surface area contributed by atoms with E-state index in [4.69, 9.17) is 4.28 Å². The Morgan fingerprint density at radius 3 is 2.57 bits per heavy atom. The van der Waals surface area contributed by atoms with Crippen LogP contribution in [0.3, 0.4) is 0 Å². The van der Waals surface area contributed by atoms with Gasteiger partial charge in [-0.25, -0.2) is 9.18 Å². The summed E-state index contributed by atoms with van der Waals surface area (Å²) in [5, 5.41) is 9.45. The van der Waals surface area contributed by atoms with Crippen molar-refractivity contribution in [2.24, 2.45) is 0 Å². The molecular weight excluding hydrogens is 421 g/mol. The second-order valence-electron chi connectivity index (χ2n) is 5.85. The number of rotatable bonds is 10. The summed E-state index contributed by atoms with van der Waals surface area (Å²) in [4.78, 5) is 13.3. The zero-order chi connectivity index (χ0) is 22.5. The fraction of sp³-hybridized carbons (Fsp3) is 0.261. The summed E-state index contributed by atoms with van der Waals surface area (Å²) in [6.07, 6.45) is 3.97. The van der Waals surface area contributed by atoms with Crippen molar-refractivity contribution in [1.82, 2.24) is 0 Å². The number of hydrogen-bond donors (Lipinski definition) is 2. The van der Waals surface area contributed by atoms with Gasteiger partial charge in [-0.2, -0.15) is 4.28 Å². The smallest absolute Gasteiger partial charge is 0.348 e. The van der Waals surface area contributed by atoms with Crippen LogP contribution in [-0.2, 0) is 4.28 Å². The van der Waals surface area contributed by atoms with E-state index in [9.17, 15) is 14.3 Å². The Labute approximate surface area is 186 Å². The summed E-state index contributed by atoms with van der Waals surface area (Å²) in [7, 11) is 0. The molecular formula is C23H28FNO3S2. The molecule has 0 unspecified atom stereocenters. The highest BCUT2D eigenvalue weighted by Crippen LogP contribution is 2.36. The van der Waals surface area contributed by atoms with Gasteiger partial charge < -0.3 is 5.11 Å². The van der Waals surface area contributed by atoms with E-state index >= 15 is 0 Å². The molecule has 0 fully saturated rings. The van der Waals surface area contributed by atoms with Crippen LogP contribution in [-0.4, -0.2) is 11.1 Å². The number of benzene rings is 1. The predicted octanol–water partition coefficient (Wildman–Crippen LogP) is 8.24. The van der Waals surface area contributed by atoms with Gasteiger partial charge in [0.2, 0.25) is 0 Å². The minimum Gasteiger partial charge on any atom is -0.477 e. The number of carbonyl (C=O) groups is 1. The van der Waals surface area contributed by atoms with Gasteiger partial charge in [0.25, 0.3) is 0 Å². The molecule has 0 bridgehead atoms. The van der Waals surface area contributed by atoms with Crippen LogP contribution >= 0.6 is 23.4 Å². The lowest BCUT2D eigenvalue weighted by Gasteiger charge is -2.08. The first-order chi connectivity index (χ1) is 14.5. The van der Waals surface area contributed by atoms with E-state index < -0.39 is 5.97 Å². The largest absolute Gasteiger partial charge is 0.477 e. The van der Waals surface area contributed by atoms with E-state index in [0.717, 1.165) is 33.0 Å². The zero-order valence-electron chi connectivity index (χ0n) is 17.7. The third kappa shape index (κ3) is 7.82. The highest BCUT2D eigenvalue weighted by molar-refractivity contribution is 7.98. The molecule has 0 radical (unpaired) electrons. The number of allylic oxidation sites excluding steroid dienone is 4. The van der Waals surface area contributed by atoms with Gasteiger partial charge in [0.1, 0.15) is 4.88 Å². The Morgan fingerprint density at radius 2 is 2.00 bits per heavy atom. The number of carboxylic acid groups (broad SMARTS) is 1. The van der Waals surface area contributed by atoms with Gasteiger partial charge >= 0.3 is 5.97 Å². The van der Waals surface area contributed by atoms with E-state index in [1.165, 1.54) is 17.4 Å². The van der Waals surface area contributed by atoms with E-state index in [-0.39, 0.29) is 10.7 Å². The van der Waals surface area contributed by atoms with Crippen molar-refractivity contribution in [3.8, 4) is 10.4 Å². The van der Waals surface area contributed by atoms with Crippen molar-refractivity contribution in [3.63, 3.8) is 0 Å².